The van der Waals surface area contributed by atoms with E-state index in [-0.39, 0.29) is 10.7 Å². The minimum atomic E-state index is -3.69. The van der Waals surface area contributed by atoms with Gasteiger partial charge in [0.15, 0.2) is 5.82 Å². The summed E-state index contributed by atoms with van der Waals surface area (Å²) in [6, 6.07) is 5.11. The van der Waals surface area contributed by atoms with Gasteiger partial charge in [-0.3, -0.25) is 4.72 Å². The van der Waals surface area contributed by atoms with Gasteiger partial charge in [-0.05, 0) is 44.0 Å². The first-order chi connectivity index (χ1) is 9.33. The van der Waals surface area contributed by atoms with Crippen LogP contribution in [0, 0.1) is 20.8 Å². The van der Waals surface area contributed by atoms with Crippen LogP contribution in [0.15, 0.2) is 27.6 Å². The van der Waals surface area contributed by atoms with Crippen LogP contribution in [0.2, 0.25) is 0 Å². The topological polar surface area (TPSA) is 84.2 Å². The van der Waals surface area contributed by atoms with Gasteiger partial charge in [-0.1, -0.05) is 5.16 Å². The molecular weight excluding hydrogens is 278 g/mol. The number of rotatable bonds is 4. The summed E-state index contributed by atoms with van der Waals surface area (Å²) in [6.07, 6.45) is 0. The van der Waals surface area contributed by atoms with E-state index in [0.29, 0.717) is 16.9 Å². The van der Waals surface area contributed by atoms with E-state index in [1.165, 1.54) is 6.07 Å². The van der Waals surface area contributed by atoms with Gasteiger partial charge in [0.05, 0.1) is 4.90 Å². The van der Waals surface area contributed by atoms with Crippen LogP contribution in [0.25, 0.3) is 0 Å². The molecule has 0 fully saturated rings. The molecule has 0 atom stereocenters. The number of nitrogens with one attached hydrogen (secondary N) is 2. The number of anilines is 2. The Kier molecular flexibility index (Phi) is 3.71. The minimum absolute atomic E-state index is 0.180. The summed E-state index contributed by atoms with van der Waals surface area (Å²) in [7, 11) is -1.90. The summed E-state index contributed by atoms with van der Waals surface area (Å²) in [6.45, 7) is 5.22. The molecule has 1 aromatic heterocycles. The molecule has 0 aliphatic rings. The van der Waals surface area contributed by atoms with Crippen molar-refractivity contribution in [3.05, 3.63) is 35.1 Å². The zero-order chi connectivity index (χ0) is 14.9. The lowest BCUT2D eigenvalue weighted by atomic mass is 10.1. The molecule has 0 amide bonds. The van der Waals surface area contributed by atoms with Gasteiger partial charge >= 0.3 is 0 Å². The number of aryl methyl sites for hydroxylation is 3. The van der Waals surface area contributed by atoms with Crippen LogP contribution < -0.4 is 10.0 Å². The van der Waals surface area contributed by atoms with Gasteiger partial charge in [0.2, 0.25) is 0 Å². The van der Waals surface area contributed by atoms with E-state index in [2.05, 4.69) is 15.2 Å². The Bertz CT molecular complexity index is 712. The number of hydrogen-bond donors (Lipinski definition) is 2. The first kappa shape index (κ1) is 14.4. The molecule has 0 saturated carbocycles. The van der Waals surface area contributed by atoms with Crippen molar-refractivity contribution in [2.24, 2.45) is 0 Å². The van der Waals surface area contributed by atoms with Crippen LogP contribution >= 0.6 is 0 Å². The maximum absolute atomic E-state index is 12.4. The Labute approximate surface area is 118 Å². The monoisotopic (exact) mass is 295 g/mol. The smallest absolute Gasteiger partial charge is 0.263 e. The van der Waals surface area contributed by atoms with Crippen LogP contribution in [0.3, 0.4) is 0 Å². The molecule has 0 radical (unpaired) electrons. The zero-order valence-electron chi connectivity index (χ0n) is 11.8. The third kappa shape index (κ3) is 2.77. The van der Waals surface area contributed by atoms with Crippen molar-refractivity contribution >= 4 is 21.5 Å². The number of nitrogens with zero attached hydrogens (tertiary/aromatic N) is 1. The Morgan fingerprint density at radius 2 is 1.70 bits per heavy atom. The summed E-state index contributed by atoms with van der Waals surface area (Å²) in [4.78, 5) is 0.261. The zero-order valence-corrected chi connectivity index (χ0v) is 12.6. The van der Waals surface area contributed by atoms with Gasteiger partial charge in [0.25, 0.3) is 10.0 Å². The Morgan fingerprint density at radius 3 is 2.15 bits per heavy atom. The quantitative estimate of drug-likeness (QED) is 0.905. The Balaban J connectivity index is 2.44. The van der Waals surface area contributed by atoms with Crippen LogP contribution in [0.4, 0.5) is 11.5 Å². The van der Waals surface area contributed by atoms with Gasteiger partial charge in [-0.2, -0.15) is 0 Å². The van der Waals surface area contributed by atoms with E-state index in [4.69, 9.17) is 4.52 Å². The van der Waals surface area contributed by atoms with Crippen LogP contribution in [0.1, 0.15) is 16.9 Å². The largest absolute Gasteiger partial charge is 0.388 e. The number of hydrogen-bond acceptors (Lipinski definition) is 5. The Hall–Kier alpha value is -2.02. The summed E-state index contributed by atoms with van der Waals surface area (Å²) in [5.74, 6) is 0.723. The van der Waals surface area contributed by atoms with Crippen molar-refractivity contribution < 1.29 is 12.9 Å². The molecule has 0 aliphatic heterocycles. The molecule has 2 aromatic rings. The molecule has 20 heavy (non-hydrogen) atoms. The van der Waals surface area contributed by atoms with E-state index in [1.54, 1.807) is 40.0 Å². The van der Waals surface area contributed by atoms with Crippen molar-refractivity contribution in [3.63, 3.8) is 0 Å². The highest BCUT2D eigenvalue weighted by Crippen LogP contribution is 2.26. The van der Waals surface area contributed by atoms with Crippen molar-refractivity contribution in [2.75, 3.05) is 17.1 Å². The molecule has 0 bridgehead atoms. The molecule has 2 rings (SSSR count). The lowest BCUT2D eigenvalue weighted by Gasteiger charge is -2.13. The van der Waals surface area contributed by atoms with Crippen molar-refractivity contribution in [1.29, 1.82) is 0 Å². The fourth-order valence-corrected chi connectivity index (χ4v) is 3.56. The molecule has 0 spiro atoms. The normalized spacial score (nSPS) is 11.4. The summed E-state index contributed by atoms with van der Waals surface area (Å²) in [5, 5.41) is 6.64. The predicted molar refractivity (Wildman–Crippen MR) is 77.5 cm³/mol. The van der Waals surface area contributed by atoms with Gasteiger partial charge in [0.1, 0.15) is 5.76 Å². The highest BCUT2D eigenvalue weighted by Gasteiger charge is 2.21. The second-order valence-corrected chi connectivity index (χ2v) is 6.24. The fraction of sp³-hybridized carbons (Fsp3) is 0.308. The molecule has 6 nitrogen and oxygen atoms in total. The molecule has 0 unspecified atom stereocenters. The SMILES string of the molecule is CNc1cc(C)c(S(=O)(=O)Nc2cc(C)on2)c(C)c1. The second kappa shape index (κ2) is 5.16. The van der Waals surface area contributed by atoms with Gasteiger partial charge in [-0.25, -0.2) is 8.42 Å². The van der Waals surface area contributed by atoms with Gasteiger partial charge in [-0.15, -0.1) is 0 Å². The highest BCUT2D eigenvalue weighted by atomic mass is 32.2. The van der Waals surface area contributed by atoms with E-state index >= 15 is 0 Å². The van der Waals surface area contributed by atoms with Crippen LogP contribution in [-0.2, 0) is 10.0 Å². The summed E-state index contributed by atoms with van der Waals surface area (Å²) >= 11 is 0. The molecule has 108 valence electrons. The maximum atomic E-state index is 12.4. The van der Waals surface area contributed by atoms with E-state index in [0.717, 1.165) is 5.69 Å². The fourth-order valence-electron chi connectivity index (χ4n) is 2.12. The lowest BCUT2D eigenvalue weighted by Crippen LogP contribution is -2.16. The van der Waals surface area contributed by atoms with Gasteiger partial charge in [0, 0.05) is 18.8 Å². The highest BCUT2D eigenvalue weighted by molar-refractivity contribution is 7.92. The van der Waals surface area contributed by atoms with E-state index in [1.807, 2.05) is 0 Å². The molecule has 0 saturated heterocycles. The minimum Gasteiger partial charge on any atom is -0.388 e. The van der Waals surface area contributed by atoms with Crippen molar-refractivity contribution in [2.45, 2.75) is 25.7 Å². The predicted octanol–water partition coefficient (Wildman–Crippen LogP) is 2.44. The maximum Gasteiger partial charge on any atom is 0.263 e. The Morgan fingerprint density at radius 1 is 1.10 bits per heavy atom. The number of benzene rings is 1. The third-order valence-electron chi connectivity index (χ3n) is 2.88. The van der Waals surface area contributed by atoms with E-state index < -0.39 is 10.0 Å². The average molecular weight is 295 g/mol. The lowest BCUT2D eigenvalue weighted by molar-refractivity contribution is 0.400. The van der Waals surface area contributed by atoms with E-state index in [9.17, 15) is 8.42 Å². The standard InChI is InChI=1S/C13H17N3O3S/c1-8-5-11(14-4)6-9(2)13(8)20(17,18)16-12-7-10(3)19-15-12/h5-7,14H,1-4H3,(H,15,16). The molecular formula is C13H17N3O3S. The number of aromatic nitrogens is 1. The third-order valence-corrected chi connectivity index (χ3v) is 4.54. The molecule has 1 aromatic carbocycles. The van der Waals surface area contributed by atoms with Crippen LogP contribution in [0.5, 0.6) is 0 Å². The van der Waals surface area contributed by atoms with Gasteiger partial charge < -0.3 is 9.84 Å². The first-order valence-electron chi connectivity index (χ1n) is 6.08. The van der Waals surface area contributed by atoms with Crippen molar-refractivity contribution in [1.82, 2.24) is 5.16 Å². The summed E-state index contributed by atoms with van der Waals surface area (Å²) in [5.41, 5.74) is 2.21. The number of sulfonamides is 1. The molecule has 1 heterocycles. The molecule has 7 heteroatoms. The summed E-state index contributed by atoms with van der Waals surface area (Å²) < 4.78 is 32.2. The second-order valence-electron chi connectivity index (χ2n) is 4.62. The molecule has 2 N–H and O–H groups in total. The van der Waals surface area contributed by atoms with Crippen LogP contribution in [-0.4, -0.2) is 20.6 Å². The van der Waals surface area contributed by atoms with Crippen molar-refractivity contribution in [3.8, 4) is 0 Å². The first-order valence-corrected chi connectivity index (χ1v) is 7.57. The molecule has 0 aliphatic carbocycles. The average Bonchev–Trinajstić information content (AvgIpc) is 2.72.